The zero-order valence-corrected chi connectivity index (χ0v) is 23.3. The number of alkyl halides is 1. The summed E-state index contributed by atoms with van der Waals surface area (Å²) in [7, 11) is 1.68. The molecule has 0 radical (unpaired) electrons. The van der Waals surface area contributed by atoms with Crippen LogP contribution in [0.5, 0.6) is 0 Å². The molecule has 0 bridgehead atoms. The fraction of sp³-hybridized carbons (Fsp3) is 0.440. The highest BCUT2D eigenvalue weighted by molar-refractivity contribution is 9.10. The van der Waals surface area contributed by atoms with Crippen LogP contribution in [0.3, 0.4) is 0 Å². The largest absolute Gasteiger partial charge is 0.480 e. The second-order valence-electron chi connectivity index (χ2n) is 9.13. The zero-order valence-electron chi connectivity index (χ0n) is 20.9. The van der Waals surface area contributed by atoms with Gasteiger partial charge in [0.25, 0.3) is 0 Å². The third-order valence-electron chi connectivity index (χ3n) is 6.28. The van der Waals surface area contributed by atoms with Gasteiger partial charge in [-0.3, -0.25) is 19.6 Å². The molecule has 0 saturated carbocycles. The number of carbonyl (C=O) groups excluding carboxylic acids is 1. The molecule has 1 aromatic heterocycles. The van der Waals surface area contributed by atoms with Crippen molar-refractivity contribution in [1.29, 1.82) is 0 Å². The number of carboxylic acids is 1. The van der Waals surface area contributed by atoms with Gasteiger partial charge in [-0.25, -0.2) is 18.6 Å². The van der Waals surface area contributed by atoms with E-state index < -0.39 is 30.0 Å². The van der Waals surface area contributed by atoms with Gasteiger partial charge in [0.2, 0.25) is 0 Å². The van der Waals surface area contributed by atoms with E-state index in [4.69, 9.17) is 14.8 Å². The van der Waals surface area contributed by atoms with Crippen molar-refractivity contribution in [2.24, 2.45) is 4.99 Å². The van der Waals surface area contributed by atoms with Crippen LogP contribution in [0.2, 0.25) is 0 Å². The maximum atomic E-state index is 14.6. The number of thiazole rings is 1. The fourth-order valence-corrected chi connectivity index (χ4v) is 5.89. The molecule has 38 heavy (non-hydrogen) atoms. The molecule has 3 atom stereocenters. The van der Waals surface area contributed by atoms with E-state index in [1.807, 2.05) is 4.90 Å². The number of hydrogen-bond acceptors (Lipinski definition) is 9. The summed E-state index contributed by atoms with van der Waals surface area (Å²) in [5, 5.41) is 14.8. The molecular formula is C25H28BrF2N5O4S. The molecule has 13 heteroatoms. The third kappa shape index (κ3) is 6.63. The van der Waals surface area contributed by atoms with Gasteiger partial charge >= 0.3 is 11.9 Å². The number of likely N-dealkylation sites (tertiary alicyclic amines) is 1. The number of rotatable bonds is 10. The summed E-state index contributed by atoms with van der Waals surface area (Å²) in [6.07, 6.45) is 0.786. The summed E-state index contributed by atoms with van der Waals surface area (Å²) >= 11 is 4.77. The quantitative estimate of drug-likeness (QED) is 0.394. The summed E-state index contributed by atoms with van der Waals surface area (Å²) in [5.41, 5.74) is 1.27. The maximum Gasteiger partial charge on any atom is 0.338 e. The predicted octanol–water partition coefficient (Wildman–Crippen LogP) is 3.38. The van der Waals surface area contributed by atoms with Crippen LogP contribution in [0.25, 0.3) is 0 Å². The average molecular weight is 612 g/mol. The van der Waals surface area contributed by atoms with Gasteiger partial charge in [0.15, 0.2) is 10.8 Å². The Balaban J connectivity index is 1.75. The lowest BCUT2D eigenvalue weighted by Crippen LogP contribution is -2.44. The SMILES string of the molecule is CCOC(=O)C1=C(CN2CC(F)CC2CN(C)CC(=O)O)NC(c2nccs2)=NC1c1ccc(F)cc1Br. The fourth-order valence-electron chi connectivity index (χ4n) is 4.73. The first kappa shape index (κ1) is 28.3. The van der Waals surface area contributed by atoms with Gasteiger partial charge in [0.05, 0.1) is 18.7 Å². The summed E-state index contributed by atoms with van der Waals surface area (Å²) in [5.74, 6) is -1.57. The smallest absolute Gasteiger partial charge is 0.338 e. The average Bonchev–Trinajstić information content (AvgIpc) is 3.48. The van der Waals surface area contributed by atoms with Crippen molar-refractivity contribution in [2.45, 2.75) is 31.6 Å². The van der Waals surface area contributed by atoms with E-state index in [0.717, 1.165) is 0 Å². The summed E-state index contributed by atoms with van der Waals surface area (Å²) < 4.78 is 34.4. The van der Waals surface area contributed by atoms with Gasteiger partial charge in [0, 0.05) is 47.4 Å². The number of benzene rings is 1. The molecule has 9 nitrogen and oxygen atoms in total. The van der Waals surface area contributed by atoms with Crippen LogP contribution in [0.15, 0.2) is 50.5 Å². The molecule has 0 aliphatic carbocycles. The Kier molecular flexibility index (Phi) is 9.23. The Bertz CT molecular complexity index is 1240. The molecule has 0 amide bonds. The van der Waals surface area contributed by atoms with Gasteiger partial charge in [-0.1, -0.05) is 22.0 Å². The van der Waals surface area contributed by atoms with E-state index >= 15 is 0 Å². The molecule has 2 aromatic rings. The monoisotopic (exact) mass is 611 g/mol. The number of carboxylic acid groups (broad SMARTS) is 1. The Hall–Kier alpha value is -2.74. The molecule has 3 unspecified atom stereocenters. The second kappa shape index (κ2) is 12.4. The highest BCUT2D eigenvalue weighted by Gasteiger charge is 2.38. The van der Waals surface area contributed by atoms with E-state index in [-0.39, 0.29) is 44.3 Å². The van der Waals surface area contributed by atoms with Crippen molar-refractivity contribution in [3.63, 3.8) is 0 Å². The first-order chi connectivity index (χ1) is 18.2. The molecule has 2 aliphatic heterocycles. The zero-order chi connectivity index (χ0) is 27.4. The number of aromatic nitrogens is 1. The molecule has 1 aromatic carbocycles. The van der Waals surface area contributed by atoms with Crippen LogP contribution >= 0.6 is 27.3 Å². The number of ether oxygens (including phenoxy) is 1. The minimum atomic E-state index is -1.09. The number of carbonyl (C=O) groups is 2. The molecular weight excluding hydrogens is 584 g/mol. The van der Waals surface area contributed by atoms with Crippen LogP contribution in [0, 0.1) is 5.82 Å². The van der Waals surface area contributed by atoms with E-state index in [9.17, 15) is 18.4 Å². The molecule has 204 valence electrons. The van der Waals surface area contributed by atoms with E-state index in [1.165, 1.54) is 23.5 Å². The van der Waals surface area contributed by atoms with Gasteiger partial charge in [-0.05, 0) is 38.1 Å². The van der Waals surface area contributed by atoms with Crippen LogP contribution < -0.4 is 5.32 Å². The number of likely N-dealkylation sites (N-methyl/N-ethyl adjacent to an activating group) is 1. The van der Waals surface area contributed by atoms with E-state index in [1.54, 1.807) is 36.5 Å². The number of hydrogen-bond donors (Lipinski definition) is 2. The van der Waals surface area contributed by atoms with Gasteiger partial charge in [-0.15, -0.1) is 11.3 Å². The van der Waals surface area contributed by atoms with Crippen LogP contribution in [0.1, 0.15) is 30.0 Å². The minimum Gasteiger partial charge on any atom is -0.480 e. The summed E-state index contributed by atoms with van der Waals surface area (Å²) in [6.45, 7) is 2.30. The molecule has 1 fully saturated rings. The van der Waals surface area contributed by atoms with Gasteiger partial charge in [-0.2, -0.15) is 0 Å². The van der Waals surface area contributed by atoms with Crippen LogP contribution in [0.4, 0.5) is 8.78 Å². The predicted molar refractivity (Wildman–Crippen MR) is 142 cm³/mol. The first-order valence-electron chi connectivity index (χ1n) is 12.0. The number of aliphatic carboxylic acids is 1. The Morgan fingerprint density at radius 3 is 2.84 bits per heavy atom. The van der Waals surface area contributed by atoms with Crippen molar-refractivity contribution < 1.29 is 28.2 Å². The third-order valence-corrected chi connectivity index (χ3v) is 7.75. The first-order valence-corrected chi connectivity index (χ1v) is 13.7. The van der Waals surface area contributed by atoms with Crippen molar-refractivity contribution in [3.8, 4) is 0 Å². The number of esters is 1. The van der Waals surface area contributed by atoms with Crippen molar-refractivity contribution >= 4 is 45.0 Å². The number of halogens is 3. The Morgan fingerprint density at radius 1 is 1.39 bits per heavy atom. The molecule has 1 saturated heterocycles. The summed E-state index contributed by atoms with van der Waals surface area (Å²) in [6, 6.07) is 3.06. The van der Waals surface area contributed by atoms with E-state index in [0.29, 0.717) is 33.1 Å². The lowest BCUT2D eigenvalue weighted by Gasteiger charge is -2.32. The van der Waals surface area contributed by atoms with Crippen molar-refractivity contribution in [3.05, 3.63) is 61.9 Å². The molecule has 4 rings (SSSR count). The molecule has 2 N–H and O–H groups in total. The molecule has 2 aliphatic rings. The standard InChI is InChI=1S/C25H28BrF2N5O4S/c1-3-37-25(36)21-19(12-33-10-15(28)8-16(33)11-32(2)13-20(34)35)30-23(24-29-6-7-38-24)31-22(21)17-5-4-14(27)9-18(17)26/h4-7,9,15-16,22H,3,8,10-13H2,1-2H3,(H,30,31)(H,34,35). The lowest BCUT2D eigenvalue weighted by atomic mass is 9.95. The van der Waals surface area contributed by atoms with Gasteiger partial charge < -0.3 is 15.2 Å². The molecule has 0 spiro atoms. The summed E-state index contributed by atoms with van der Waals surface area (Å²) in [4.78, 5) is 37.1. The van der Waals surface area contributed by atoms with Gasteiger partial charge in [0.1, 0.15) is 18.0 Å². The normalized spacial score (nSPS) is 21.9. The minimum absolute atomic E-state index is 0.126. The second-order valence-corrected chi connectivity index (χ2v) is 10.9. The topological polar surface area (TPSA) is 107 Å². The highest BCUT2D eigenvalue weighted by Crippen LogP contribution is 2.37. The molecule has 3 heterocycles. The number of nitrogens with one attached hydrogen (secondary N) is 1. The number of nitrogens with zero attached hydrogens (tertiary/aromatic N) is 4. The van der Waals surface area contributed by atoms with Crippen molar-refractivity contribution in [2.75, 3.05) is 39.8 Å². The Labute approximate surface area is 231 Å². The maximum absolute atomic E-state index is 14.6. The van der Waals surface area contributed by atoms with Crippen LogP contribution in [-0.2, 0) is 14.3 Å². The van der Waals surface area contributed by atoms with Crippen LogP contribution in [-0.4, -0.2) is 89.7 Å². The Morgan fingerprint density at radius 2 is 2.18 bits per heavy atom. The van der Waals surface area contributed by atoms with E-state index in [2.05, 4.69) is 26.2 Å². The number of aliphatic imine (C=N–C) groups is 1. The van der Waals surface area contributed by atoms with Crippen molar-refractivity contribution in [1.82, 2.24) is 20.1 Å². The lowest BCUT2D eigenvalue weighted by molar-refractivity contribution is -0.139. The highest BCUT2D eigenvalue weighted by atomic mass is 79.9. The number of amidine groups is 1.